The van der Waals surface area contributed by atoms with Gasteiger partial charge in [-0.05, 0) is 52.0 Å². The largest absolute Gasteiger partial charge is 0.389 e. The van der Waals surface area contributed by atoms with Crippen molar-refractivity contribution in [1.82, 2.24) is 4.90 Å². The molecule has 0 saturated carbocycles. The first-order valence-corrected chi connectivity index (χ1v) is 7.21. The maximum atomic E-state index is 5.87. The number of benzene rings is 1. The summed E-state index contributed by atoms with van der Waals surface area (Å²) in [6, 6.07) is 6.93. The summed E-state index contributed by atoms with van der Waals surface area (Å²) in [6.45, 7) is 4.38. The fourth-order valence-electron chi connectivity index (χ4n) is 2.73. The maximum Gasteiger partial charge on any atom is 0.106 e. The molecular weight excluding hydrogens is 254 g/mol. The Morgan fingerprint density at radius 3 is 2.58 bits per heavy atom. The second kappa shape index (κ2) is 5.88. The molecule has 2 N–H and O–H groups in total. The zero-order valence-electron chi connectivity index (χ0n) is 12.0. The number of nitrogens with zero attached hydrogens (tertiary/aromatic N) is 2. The van der Waals surface area contributed by atoms with Gasteiger partial charge in [-0.25, -0.2) is 0 Å². The molecule has 0 aromatic heterocycles. The molecule has 3 nitrogen and oxygen atoms in total. The molecular formula is C15H23N3S. The molecule has 1 aromatic carbocycles. The lowest BCUT2D eigenvalue weighted by Crippen LogP contribution is -2.42. The van der Waals surface area contributed by atoms with Gasteiger partial charge in [-0.1, -0.05) is 23.8 Å². The Morgan fingerprint density at radius 1 is 1.37 bits per heavy atom. The normalized spacial score (nSPS) is 17.4. The van der Waals surface area contributed by atoms with Gasteiger partial charge in [0.15, 0.2) is 0 Å². The highest BCUT2D eigenvalue weighted by atomic mass is 32.1. The average molecular weight is 277 g/mol. The van der Waals surface area contributed by atoms with Crippen LogP contribution in [0.5, 0.6) is 0 Å². The van der Waals surface area contributed by atoms with E-state index in [1.165, 1.54) is 18.4 Å². The average Bonchev–Trinajstić information content (AvgIpc) is 2.38. The maximum absolute atomic E-state index is 5.87. The summed E-state index contributed by atoms with van der Waals surface area (Å²) in [5, 5.41) is 0. The van der Waals surface area contributed by atoms with E-state index in [-0.39, 0.29) is 0 Å². The number of rotatable bonds is 3. The first kappa shape index (κ1) is 14.3. The zero-order chi connectivity index (χ0) is 14.0. The minimum absolute atomic E-state index is 0.485. The molecule has 0 unspecified atom stereocenters. The number of thiocarbonyl (C=S) groups is 1. The molecule has 1 aliphatic rings. The number of likely N-dealkylation sites (tertiary alicyclic amines) is 1. The van der Waals surface area contributed by atoms with Crippen molar-refractivity contribution < 1.29 is 0 Å². The van der Waals surface area contributed by atoms with Gasteiger partial charge in [0.2, 0.25) is 0 Å². The Morgan fingerprint density at radius 2 is 2.00 bits per heavy atom. The van der Waals surface area contributed by atoms with E-state index in [2.05, 4.69) is 49.0 Å². The summed E-state index contributed by atoms with van der Waals surface area (Å²) in [5.74, 6) is 0. The van der Waals surface area contributed by atoms with Crippen molar-refractivity contribution in [2.75, 3.05) is 32.1 Å². The number of anilines is 1. The highest BCUT2D eigenvalue weighted by Gasteiger charge is 2.22. The van der Waals surface area contributed by atoms with Crippen molar-refractivity contribution in [3.05, 3.63) is 29.3 Å². The highest BCUT2D eigenvalue weighted by molar-refractivity contribution is 7.80. The van der Waals surface area contributed by atoms with Gasteiger partial charge in [0.25, 0.3) is 0 Å². The van der Waals surface area contributed by atoms with E-state index in [1.807, 2.05) is 0 Å². The van der Waals surface area contributed by atoms with E-state index in [9.17, 15) is 0 Å². The van der Waals surface area contributed by atoms with Crippen molar-refractivity contribution in [1.29, 1.82) is 0 Å². The van der Waals surface area contributed by atoms with Gasteiger partial charge in [-0.2, -0.15) is 0 Å². The van der Waals surface area contributed by atoms with Crippen LogP contribution >= 0.6 is 12.2 Å². The molecule has 19 heavy (non-hydrogen) atoms. The van der Waals surface area contributed by atoms with Crippen LogP contribution in [0, 0.1) is 6.92 Å². The van der Waals surface area contributed by atoms with Crippen LogP contribution < -0.4 is 10.6 Å². The third kappa shape index (κ3) is 3.25. The lowest BCUT2D eigenvalue weighted by Gasteiger charge is -2.37. The van der Waals surface area contributed by atoms with E-state index < -0.39 is 0 Å². The molecule has 104 valence electrons. The van der Waals surface area contributed by atoms with Gasteiger partial charge in [0, 0.05) is 24.3 Å². The van der Waals surface area contributed by atoms with Crippen LogP contribution in [0.2, 0.25) is 0 Å². The lowest BCUT2D eigenvalue weighted by molar-refractivity contribution is 0.253. The van der Waals surface area contributed by atoms with Crippen molar-refractivity contribution in [2.24, 2.45) is 5.73 Å². The van der Waals surface area contributed by atoms with Crippen LogP contribution in [0.1, 0.15) is 24.0 Å². The summed E-state index contributed by atoms with van der Waals surface area (Å²) in [5.41, 5.74) is 9.22. The minimum atomic E-state index is 0.485. The Balaban J connectivity index is 2.23. The van der Waals surface area contributed by atoms with Crippen molar-refractivity contribution >= 4 is 22.9 Å². The molecule has 0 radical (unpaired) electrons. The van der Waals surface area contributed by atoms with Gasteiger partial charge < -0.3 is 15.5 Å². The molecule has 1 aliphatic heterocycles. The van der Waals surface area contributed by atoms with Crippen LogP contribution in [0.15, 0.2) is 18.2 Å². The SMILES string of the molecule is Cc1ccc(N(C)C2CCN(C)CC2)c(C(N)=S)c1. The first-order valence-electron chi connectivity index (χ1n) is 6.81. The summed E-state index contributed by atoms with van der Waals surface area (Å²) < 4.78 is 0. The Kier molecular flexibility index (Phi) is 4.42. The number of hydrogen-bond acceptors (Lipinski definition) is 3. The Hall–Kier alpha value is -1.13. The fraction of sp³-hybridized carbons (Fsp3) is 0.533. The van der Waals surface area contributed by atoms with E-state index >= 15 is 0 Å². The van der Waals surface area contributed by atoms with Crippen molar-refractivity contribution in [3.63, 3.8) is 0 Å². The second-order valence-electron chi connectivity index (χ2n) is 5.53. The summed E-state index contributed by atoms with van der Waals surface area (Å²) in [4.78, 5) is 5.22. The summed E-state index contributed by atoms with van der Waals surface area (Å²) in [7, 11) is 4.34. The Bertz CT molecular complexity index is 464. The molecule has 1 fully saturated rings. The number of aryl methyl sites for hydroxylation is 1. The van der Waals surface area contributed by atoms with Gasteiger partial charge in [-0.3, -0.25) is 0 Å². The number of hydrogen-bond donors (Lipinski definition) is 1. The van der Waals surface area contributed by atoms with Gasteiger partial charge in [-0.15, -0.1) is 0 Å². The van der Waals surface area contributed by atoms with Crippen LogP contribution in [-0.2, 0) is 0 Å². The molecule has 4 heteroatoms. The lowest BCUT2D eigenvalue weighted by atomic mass is 10.0. The first-order chi connectivity index (χ1) is 8.99. The second-order valence-corrected chi connectivity index (χ2v) is 5.97. The fourth-order valence-corrected chi connectivity index (χ4v) is 2.90. The van der Waals surface area contributed by atoms with Crippen LogP contribution in [0.3, 0.4) is 0 Å². The zero-order valence-corrected chi connectivity index (χ0v) is 12.8. The van der Waals surface area contributed by atoms with Crippen LogP contribution in [0.25, 0.3) is 0 Å². The Labute approximate surface area is 121 Å². The highest BCUT2D eigenvalue weighted by Crippen LogP contribution is 2.26. The molecule has 0 spiro atoms. The topological polar surface area (TPSA) is 32.5 Å². The molecule has 0 amide bonds. The van der Waals surface area contributed by atoms with Gasteiger partial charge in [0.05, 0.1) is 0 Å². The van der Waals surface area contributed by atoms with Crippen molar-refractivity contribution in [3.8, 4) is 0 Å². The van der Waals surface area contributed by atoms with Crippen LogP contribution in [-0.4, -0.2) is 43.1 Å². The quantitative estimate of drug-likeness (QED) is 0.858. The van der Waals surface area contributed by atoms with Crippen LogP contribution in [0.4, 0.5) is 5.69 Å². The van der Waals surface area contributed by atoms with Gasteiger partial charge in [0.1, 0.15) is 4.99 Å². The third-order valence-corrected chi connectivity index (χ3v) is 4.25. The van der Waals surface area contributed by atoms with Gasteiger partial charge >= 0.3 is 0 Å². The van der Waals surface area contributed by atoms with E-state index in [0.717, 1.165) is 24.3 Å². The molecule has 0 atom stereocenters. The van der Waals surface area contributed by atoms with Crippen molar-refractivity contribution in [2.45, 2.75) is 25.8 Å². The standard InChI is InChI=1S/C15H23N3S/c1-11-4-5-14(13(10-11)15(16)19)18(3)12-6-8-17(2)9-7-12/h4-5,10,12H,6-9H2,1-3H3,(H2,16,19). The molecule has 2 rings (SSSR count). The molecule has 0 aliphatic carbocycles. The molecule has 0 bridgehead atoms. The predicted molar refractivity (Wildman–Crippen MR) is 86.0 cm³/mol. The monoisotopic (exact) mass is 277 g/mol. The van der Waals surface area contributed by atoms with E-state index in [1.54, 1.807) is 0 Å². The molecule has 1 heterocycles. The third-order valence-electron chi connectivity index (χ3n) is 4.03. The summed E-state index contributed by atoms with van der Waals surface area (Å²) >= 11 is 5.19. The van der Waals surface area contributed by atoms with E-state index in [4.69, 9.17) is 18.0 Å². The number of piperidine rings is 1. The minimum Gasteiger partial charge on any atom is -0.389 e. The molecule has 1 saturated heterocycles. The predicted octanol–water partition coefficient (Wildman–Crippen LogP) is 2.16. The smallest absolute Gasteiger partial charge is 0.106 e. The van der Waals surface area contributed by atoms with E-state index in [0.29, 0.717) is 11.0 Å². The molecule has 1 aromatic rings. The number of nitrogens with two attached hydrogens (primary N) is 1. The summed E-state index contributed by atoms with van der Waals surface area (Å²) in [6.07, 6.45) is 2.38.